The third-order valence-electron chi connectivity index (χ3n) is 0.608. The second-order valence-corrected chi connectivity index (χ2v) is 1.42. The maximum absolute atomic E-state index is 10.0. The summed E-state index contributed by atoms with van der Waals surface area (Å²) in [5, 5.41) is 17.9. The maximum Gasteiger partial charge on any atom is 0.109 e. The van der Waals surface area contributed by atoms with Crippen LogP contribution in [0.5, 0.6) is 0 Å². The Morgan fingerprint density at radius 2 is 2.38 bits per heavy atom. The fourth-order valence-electron chi connectivity index (χ4n) is 0.280. The Balaban J connectivity index is 2.72. The van der Waals surface area contributed by atoms with E-state index in [-0.39, 0.29) is 11.8 Å². The molecule has 0 rings (SSSR count). The Kier molecular flexibility index (Phi) is 4.89. The number of hydrogen-bond donors (Lipinski definition) is 2. The molecule has 1 unspecified atom stereocenters. The molecule has 0 amide bonds. The SMILES string of the molecule is C[NH+]([O-])OCCCO. The monoisotopic (exact) mass is 121 g/mol. The number of hydrogen-bond acceptors (Lipinski definition) is 3. The number of nitrogens with one attached hydrogen (secondary N) is 1. The number of aliphatic hydroxyl groups is 1. The van der Waals surface area contributed by atoms with Crippen LogP contribution in [-0.4, -0.2) is 25.4 Å². The highest BCUT2D eigenvalue weighted by Crippen LogP contribution is 1.71. The second kappa shape index (κ2) is 4.99. The van der Waals surface area contributed by atoms with E-state index in [1.54, 1.807) is 0 Å². The summed E-state index contributed by atoms with van der Waals surface area (Å²) in [6, 6.07) is 0. The van der Waals surface area contributed by atoms with E-state index in [1.165, 1.54) is 7.05 Å². The Morgan fingerprint density at radius 3 is 2.75 bits per heavy atom. The molecule has 0 fully saturated rings. The van der Waals surface area contributed by atoms with E-state index in [1.807, 2.05) is 0 Å². The van der Waals surface area contributed by atoms with Crippen LogP contribution in [-0.2, 0) is 4.84 Å². The van der Waals surface area contributed by atoms with E-state index in [2.05, 4.69) is 4.84 Å². The van der Waals surface area contributed by atoms with Crippen LogP contribution in [0.3, 0.4) is 0 Å². The van der Waals surface area contributed by atoms with Crippen molar-refractivity contribution in [1.29, 1.82) is 0 Å². The van der Waals surface area contributed by atoms with E-state index in [9.17, 15) is 5.21 Å². The van der Waals surface area contributed by atoms with Crippen molar-refractivity contribution in [3.8, 4) is 0 Å². The topological polar surface area (TPSA) is 57.0 Å². The molecule has 0 saturated heterocycles. The zero-order valence-corrected chi connectivity index (χ0v) is 4.89. The summed E-state index contributed by atoms with van der Waals surface area (Å²) in [7, 11) is 1.34. The van der Waals surface area contributed by atoms with Crippen LogP contribution in [0.1, 0.15) is 6.42 Å². The van der Waals surface area contributed by atoms with Gasteiger partial charge in [-0.05, 0) is 6.42 Å². The second-order valence-electron chi connectivity index (χ2n) is 1.42. The van der Waals surface area contributed by atoms with Gasteiger partial charge in [-0.15, -0.1) is 0 Å². The Bertz CT molecular complexity index is 48.5. The molecule has 0 heterocycles. The van der Waals surface area contributed by atoms with Gasteiger partial charge in [0.15, 0.2) is 0 Å². The molecule has 1 atom stereocenters. The van der Waals surface area contributed by atoms with Crippen LogP contribution in [0.2, 0.25) is 0 Å². The Morgan fingerprint density at radius 1 is 1.75 bits per heavy atom. The molecule has 0 aromatic heterocycles. The average molecular weight is 121 g/mol. The van der Waals surface area contributed by atoms with Gasteiger partial charge >= 0.3 is 0 Å². The highest BCUT2D eigenvalue weighted by Gasteiger charge is 1.86. The smallest absolute Gasteiger partial charge is 0.109 e. The molecular formula is C4H11NO3. The molecular weight excluding hydrogens is 110 g/mol. The van der Waals surface area contributed by atoms with Crippen molar-refractivity contribution in [2.75, 3.05) is 20.3 Å². The maximum atomic E-state index is 10.0. The summed E-state index contributed by atoms with van der Waals surface area (Å²) >= 11 is 0. The zero-order chi connectivity index (χ0) is 6.41. The molecule has 4 heteroatoms. The van der Waals surface area contributed by atoms with Gasteiger partial charge in [-0.25, -0.2) is 10.1 Å². The first-order valence-electron chi connectivity index (χ1n) is 2.51. The molecule has 0 spiro atoms. The van der Waals surface area contributed by atoms with Crippen molar-refractivity contribution in [1.82, 2.24) is 0 Å². The lowest BCUT2D eigenvalue weighted by molar-refractivity contribution is -1.04. The lowest BCUT2D eigenvalue weighted by Gasteiger charge is -2.12. The highest BCUT2D eigenvalue weighted by atomic mass is 16.9. The van der Waals surface area contributed by atoms with Gasteiger partial charge in [0.05, 0.1) is 7.05 Å². The standard InChI is InChI=1S/C4H11NO3/c1-5(7)8-4-2-3-6/h5-6H,2-4H2,1H3. The average Bonchev–Trinajstić information content (AvgIpc) is 1.66. The first-order chi connectivity index (χ1) is 3.77. The first kappa shape index (κ1) is 7.84. The fourth-order valence-corrected chi connectivity index (χ4v) is 0.280. The van der Waals surface area contributed by atoms with Crippen molar-refractivity contribution in [3.63, 3.8) is 0 Å². The van der Waals surface area contributed by atoms with Crippen LogP contribution in [0.15, 0.2) is 0 Å². The predicted molar refractivity (Wildman–Crippen MR) is 27.9 cm³/mol. The van der Waals surface area contributed by atoms with Crippen LogP contribution in [0.4, 0.5) is 0 Å². The van der Waals surface area contributed by atoms with E-state index >= 15 is 0 Å². The van der Waals surface area contributed by atoms with Gasteiger partial charge in [-0.1, -0.05) is 0 Å². The quantitative estimate of drug-likeness (QED) is 0.345. The third-order valence-corrected chi connectivity index (χ3v) is 0.608. The van der Waals surface area contributed by atoms with Crippen LogP contribution < -0.4 is 5.23 Å². The molecule has 8 heavy (non-hydrogen) atoms. The van der Waals surface area contributed by atoms with E-state index in [0.717, 1.165) is 0 Å². The van der Waals surface area contributed by atoms with Gasteiger partial charge < -0.3 is 10.3 Å². The van der Waals surface area contributed by atoms with Crippen LogP contribution in [0.25, 0.3) is 0 Å². The summed E-state index contributed by atoms with van der Waals surface area (Å²) in [5.74, 6) is 0. The highest BCUT2D eigenvalue weighted by molar-refractivity contribution is 4.24. The molecule has 0 aromatic rings. The molecule has 0 aliphatic heterocycles. The summed E-state index contributed by atoms with van der Waals surface area (Å²) in [6.07, 6.45) is 0.527. The van der Waals surface area contributed by atoms with E-state index in [4.69, 9.17) is 5.11 Å². The summed E-state index contributed by atoms with van der Waals surface area (Å²) in [4.78, 5) is 4.48. The minimum Gasteiger partial charge on any atom is -0.600 e. The summed E-state index contributed by atoms with van der Waals surface area (Å²) in [6.45, 7) is 0.402. The van der Waals surface area contributed by atoms with Gasteiger partial charge in [0.25, 0.3) is 0 Å². The third kappa shape index (κ3) is 5.84. The predicted octanol–water partition coefficient (Wildman–Crippen LogP) is -1.69. The normalized spacial score (nSPS) is 13.9. The molecule has 0 bridgehead atoms. The summed E-state index contributed by atoms with van der Waals surface area (Å²) in [5.41, 5.74) is 0. The van der Waals surface area contributed by atoms with Gasteiger partial charge in [0, 0.05) is 6.61 Å². The van der Waals surface area contributed by atoms with Gasteiger partial charge in [0.2, 0.25) is 0 Å². The Hall–Kier alpha value is -0.160. The number of quaternary nitrogens is 1. The molecule has 0 saturated carbocycles. The lowest BCUT2D eigenvalue weighted by Crippen LogP contribution is -3.02. The summed E-state index contributed by atoms with van der Waals surface area (Å²) < 4.78 is 0. The van der Waals surface area contributed by atoms with E-state index < -0.39 is 0 Å². The van der Waals surface area contributed by atoms with Crippen LogP contribution in [0, 0.1) is 5.21 Å². The number of rotatable bonds is 4. The molecule has 50 valence electrons. The first-order valence-corrected chi connectivity index (χ1v) is 2.51. The molecule has 0 aliphatic rings. The fraction of sp³-hybridized carbons (Fsp3) is 1.00. The molecule has 4 nitrogen and oxygen atoms in total. The lowest BCUT2D eigenvalue weighted by atomic mass is 10.5. The molecule has 0 radical (unpaired) electrons. The molecule has 0 aromatic carbocycles. The number of hydroxylamine groups is 2. The number of aliphatic hydroxyl groups excluding tert-OH is 1. The van der Waals surface area contributed by atoms with Crippen molar-refractivity contribution in [3.05, 3.63) is 5.21 Å². The Labute approximate surface area is 48.2 Å². The van der Waals surface area contributed by atoms with E-state index in [0.29, 0.717) is 13.0 Å². The van der Waals surface area contributed by atoms with Crippen molar-refractivity contribution >= 4 is 0 Å². The zero-order valence-electron chi connectivity index (χ0n) is 4.89. The minimum atomic E-state index is -0.293. The van der Waals surface area contributed by atoms with Crippen molar-refractivity contribution in [2.45, 2.75) is 6.42 Å². The van der Waals surface area contributed by atoms with Gasteiger partial charge in [-0.3, -0.25) is 0 Å². The molecule has 2 N–H and O–H groups in total. The molecule has 0 aliphatic carbocycles. The van der Waals surface area contributed by atoms with Crippen molar-refractivity contribution < 1.29 is 15.2 Å². The van der Waals surface area contributed by atoms with Gasteiger partial charge in [0.1, 0.15) is 6.61 Å². The largest absolute Gasteiger partial charge is 0.600 e. The van der Waals surface area contributed by atoms with Crippen LogP contribution >= 0.6 is 0 Å². The minimum absolute atomic E-state index is 0.0767. The van der Waals surface area contributed by atoms with Crippen molar-refractivity contribution in [2.24, 2.45) is 0 Å². The van der Waals surface area contributed by atoms with Gasteiger partial charge in [-0.2, -0.15) is 0 Å².